The molecule has 1 saturated heterocycles. The van der Waals surface area contributed by atoms with E-state index in [2.05, 4.69) is 48.4 Å². The SMILES string of the molecule is CNCC1CCN(CC(=O)Nc2c(C)cc(C)cc2C)C1.Cl. The number of benzene rings is 1. The standard InChI is InChI=1S/C17H27N3O.ClH/c1-12-7-13(2)17(14(3)8-12)19-16(21)11-20-6-5-15(10-20)9-18-4;/h7-8,15,18H,5-6,9-11H2,1-4H3,(H,19,21);1H. The lowest BCUT2D eigenvalue weighted by Crippen LogP contribution is -2.32. The second-order valence-electron chi connectivity index (χ2n) is 6.27. The van der Waals surface area contributed by atoms with Gasteiger partial charge in [0.15, 0.2) is 0 Å². The van der Waals surface area contributed by atoms with Crippen molar-refractivity contribution in [2.45, 2.75) is 27.2 Å². The van der Waals surface area contributed by atoms with Gasteiger partial charge in [0.05, 0.1) is 6.54 Å². The third-order valence-corrected chi connectivity index (χ3v) is 4.17. The lowest BCUT2D eigenvalue weighted by atomic mass is 10.1. The molecule has 0 saturated carbocycles. The lowest BCUT2D eigenvalue weighted by molar-refractivity contribution is -0.117. The van der Waals surface area contributed by atoms with Crippen molar-refractivity contribution in [3.8, 4) is 0 Å². The number of amides is 1. The Morgan fingerprint density at radius 3 is 2.50 bits per heavy atom. The number of carbonyl (C=O) groups excluding carboxylic acids is 1. The van der Waals surface area contributed by atoms with Gasteiger partial charge in [0.2, 0.25) is 5.91 Å². The highest BCUT2D eigenvalue weighted by atomic mass is 35.5. The summed E-state index contributed by atoms with van der Waals surface area (Å²) in [5, 5.41) is 6.30. The van der Waals surface area contributed by atoms with Crippen LogP contribution in [0.25, 0.3) is 0 Å². The zero-order valence-corrected chi connectivity index (χ0v) is 14.8. The van der Waals surface area contributed by atoms with Gasteiger partial charge in [-0.2, -0.15) is 0 Å². The predicted molar refractivity (Wildman–Crippen MR) is 95.0 cm³/mol. The van der Waals surface area contributed by atoms with Crippen molar-refractivity contribution in [2.24, 2.45) is 5.92 Å². The molecule has 1 unspecified atom stereocenters. The Kier molecular flexibility index (Phi) is 7.33. The van der Waals surface area contributed by atoms with Gasteiger partial charge in [0.1, 0.15) is 0 Å². The van der Waals surface area contributed by atoms with E-state index in [-0.39, 0.29) is 18.3 Å². The number of anilines is 1. The number of nitrogens with zero attached hydrogens (tertiary/aromatic N) is 1. The van der Waals surface area contributed by atoms with E-state index in [9.17, 15) is 4.79 Å². The normalized spacial score (nSPS) is 18.1. The third-order valence-electron chi connectivity index (χ3n) is 4.17. The molecule has 4 nitrogen and oxygen atoms in total. The molecule has 22 heavy (non-hydrogen) atoms. The molecule has 0 bridgehead atoms. The first-order valence-electron chi connectivity index (χ1n) is 7.74. The maximum absolute atomic E-state index is 12.3. The molecule has 124 valence electrons. The van der Waals surface area contributed by atoms with Crippen LogP contribution in [-0.2, 0) is 4.79 Å². The minimum Gasteiger partial charge on any atom is -0.324 e. The summed E-state index contributed by atoms with van der Waals surface area (Å²) in [5.74, 6) is 0.765. The summed E-state index contributed by atoms with van der Waals surface area (Å²) in [7, 11) is 1.98. The highest BCUT2D eigenvalue weighted by Gasteiger charge is 2.23. The highest BCUT2D eigenvalue weighted by molar-refractivity contribution is 5.93. The van der Waals surface area contributed by atoms with Crippen molar-refractivity contribution in [2.75, 3.05) is 38.5 Å². The maximum Gasteiger partial charge on any atom is 0.238 e. The van der Waals surface area contributed by atoms with E-state index in [4.69, 9.17) is 0 Å². The van der Waals surface area contributed by atoms with Crippen LogP contribution in [0.15, 0.2) is 12.1 Å². The van der Waals surface area contributed by atoms with Gasteiger partial charge in [-0.15, -0.1) is 12.4 Å². The number of aryl methyl sites for hydroxylation is 3. The summed E-state index contributed by atoms with van der Waals surface area (Å²) in [4.78, 5) is 14.5. The molecule has 2 rings (SSSR count). The first kappa shape index (κ1) is 18.9. The summed E-state index contributed by atoms with van der Waals surface area (Å²) in [6.45, 7) is 9.74. The monoisotopic (exact) mass is 325 g/mol. The highest BCUT2D eigenvalue weighted by Crippen LogP contribution is 2.22. The number of nitrogens with one attached hydrogen (secondary N) is 2. The summed E-state index contributed by atoms with van der Waals surface area (Å²) < 4.78 is 0. The third kappa shape index (κ3) is 4.97. The molecule has 1 atom stereocenters. The summed E-state index contributed by atoms with van der Waals surface area (Å²) >= 11 is 0. The zero-order valence-electron chi connectivity index (χ0n) is 14.0. The molecule has 5 heteroatoms. The van der Waals surface area contributed by atoms with Crippen LogP contribution < -0.4 is 10.6 Å². The van der Waals surface area contributed by atoms with Crippen LogP contribution in [0.3, 0.4) is 0 Å². The Balaban J connectivity index is 0.00000242. The van der Waals surface area contributed by atoms with Gasteiger partial charge in [-0.3, -0.25) is 9.69 Å². The molecule has 1 fully saturated rings. The molecule has 1 heterocycles. The number of rotatable bonds is 5. The van der Waals surface area contributed by atoms with Crippen LogP contribution in [0.1, 0.15) is 23.1 Å². The molecule has 1 aliphatic heterocycles. The van der Waals surface area contributed by atoms with Crippen LogP contribution in [0.4, 0.5) is 5.69 Å². The van der Waals surface area contributed by atoms with E-state index in [0.717, 1.165) is 36.4 Å². The van der Waals surface area contributed by atoms with E-state index in [0.29, 0.717) is 12.5 Å². The maximum atomic E-state index is 12.3. The topological polar surface area (TPSA) is 44.4 Å². The van der Waals surface area contributed by atoms with Crippen molar-refractivity contribution in [1.29, 1.82) is 0 Å². The van der Waals surface area contributed by atoms with Crippen molar-refractivity contribution in [1.82, 2.24) is 10.2 Å². The second kappa shape index (κ2) is 8.51. The fourth-order valence-corrected chi connectivity index (χ4v) is 3.27. The van der Waals surface area contributed by atoms with Crippen LogP contribution in [0, 0.1) is 26.7 Å². The minimum atomic E-state index is 0. The number of halogens is 1. The first-order valence-corrected chi connectivity index (χ1v) is 7.74. The van der Waals surface area contributed by atoms with E-state index < -0.39 is 0 Å². The molecule has 0 spiro atoms. The smallest absolute Gasteiger partial charge is 0.238 e. The Labute approximate surface area is 140 Å². The van der Waals surface area contributed by atoms with Crippen molar-refractivity contribution in [3.05, 3.63) is 28.8 Å². The number of hydrogen-bond acceptors (Lipinski definition) is 3. The quantitative estimate of drug-likeness (QED) is 0.874. The van der Waals surface area contributed by atoms with Gasteiger partial charge in [0, 0.05) is 12.2 Å². The van der Waals surface area contributed by atoms with Crippen LogP contribution in [0.2, 0.25) is 0 Å². The average molecular weight is 326 g/mol. The fourth-order valence-electron chi connectivity index (χ4n) is 3.27. The van der Waals surface area contributed by atoms with Crippen LogP contribution in [0.5, 0.6) is 0 Å². The summed E-state index contributed by atoms with van der Waals surface area (Å²) in [6, 6.07) is 4.23. The van der Waals surface area contributed by atoms with E-state index in [1.807, 2.05) is 7.05 Å². The fraction of sp³-hybridized carbons (Fsp3) is 0.588. The molecule has 2 N–H and O–H groups in total. The minimum absolute atomic E-state index is 0. The van der Waals surface area contributed by atoms with Gasteiger partial charge < -0.3 is 10.6 Å². The van der Waals surface area contributed by atoms with Gasteiger partial charge in [-0.1, -0.05) is 17.7 Å². The molecule has 1 aliphatic rings. The predicted octanol–water partition coefficient (Wildman–Crippen LogP) is 2.51. The number of hydrogen-bond donors (Lipinski definition) is 2. The summed E-state index contributed by atoms with van der Waals surface area (Å²) in [5.41, 5.74) is 4.47. The number of likely N-dealkylation sites (tertiary alicyclic amines) is 1. The van der Waals surface area contributed by atoms with E-state index in [1.165, 1.54) is 12.0 Å². The average Bonchev–Trinajstić information content (AvgIpc) is 2.81. The Morgan fingerprint density at radius 1 is 1.27 bits per heavy atom. The molecule has 0 aromatic heterocycles. The van der Waals surface area contributed by atoms with Gasteiger partial charge in [0.25, 0.3) is 0 Å². The van der Waals surface area contributed by atoms with Gasteiger partial charge in [-0.25, -0.2) is 0 Å². The molecule has 1 aromatic carbocycles. The van der Waals surface area contributed by atoms with Gasteiger partial charge >= 0.3 is 0 Å². The van der Waals surface area contributed by atoms with E-state index >= 15 is 0 Å². The lowest BCUT2D eigenvalue weighted by Gasteiger charge is -2.17. The molecule has 0 radical (unpaired) electrons. The molecular formula is C17H28ClN3O. The zero-order chi connectivity index (χ0) is 15.4. The van der Waals surface area contributed by atoms with Crippen LogP contribution >= 0.6 is 12.4 Å². The van der Waals surface area contributed by atoms with Gasteiger partial charge in [-0.05, 0) is 64.4 Å². The summed E-state index contributed by atoms with van der Waals surface area (Å²) in [6.07, 6.45) is 1.18. The van der Waals surface area contributed by atoms with Crippen molar-refractivity contribution < 1.29 is 4.79 Å². The van der Waals surface area contributed by atoms with Crippen molar-refractivity contribution >= 4 is 24.0 Å². The molecule has 1 aromatic rings. The molecular weight excluding hydrogens is 298 g/mol. The Morgan fingerprint density at radius 2 is 1.91 bits per heavy atom. The largest absolute Gasteiger partial charge is 0.324 e. The molecule has 1 amide bonds. The van der Waals surface area contributed by atoms with E-state index in [1.54, 1.807) is 0 Å². The van der Waals surface area contributed by atoms with Crippen LogP contribution in [-0.4, -0.2) is 44.0 Å². The Hall–Kier alpha value is -1.10. The Bertz CT molecular complexity index is 496. The molecule has 0 aliphatic carbocycles. The van der Waals surface area contributed by atoms with Crippen molar-refractivity contribution in [3.63, 3.8) is 0 Å². The first-order chi connectivity index (χ1) is 9.99. The second-order valence-corrected chi connectivity index (χ2v) is 6.27. The number of carbonyl (C=O) groups is 1.